The molecule has 0 saturated heterocycles. The number of Topliss-reactive ketones (excluding diaryl/α,β-unsaturated/α-hetero) is 1. The number of carbonyl (C=O) groups is 2. The number of fused-ring (bicyclic) bond motifs is 3. The lowest BCUT2D eigenvalue weighted by Gasteiger charge is -2.29. The van der Waals surface area contributed by atoms with Crippen LogP contribution in [0.3, 0.4) is 0 Å². The summed E-state index contributed by atoms with van der Waals surface area (Å²) in [5, 5.41) is 12.4. The van der Waals surface area contributed by atoms with Crippen molar-refractivity contribution in [3.8, 4) is 0 Å². The number of carboxylic acid groups (broad SMARTS) is 1. The van der Waals surface area contributed by atoms with Gasteiger partial charge in [-0.3, -0.25) is 19.1 Å². The molecule has 0 fully saturated rings. The van der Waals surface area contributed by atoms with Crippen molar-refractivity contribution in [2.75, 3.05) is 5.32 Å². The second-order valence-corrected chi connectivity index (χ2v) is 7.41. The van der Waals surface area contributed by atoms with Gasteiger partial charge in [-0.15, -0.1) is 0 Å². The van der Waals surface area contributed by atoms with Crippen molar-refractivity contribution in [3.63, 3.8) is 0 Å². The molecule has 1 atom stereocenters. The molecule has 2 heterocycles. The highest BCUT2D eigenvalue weighted by molar-refractivity contribution is 6.23. The largest absolute Gasteiger partial charge is 0.478 e. The van der Waals surface area contributed by atoms with Gasteiger partial charge < -0.3 is 10.4 Å². The molecule has 5 rings (SSSR count). The highest BCUT2D eigenvalue weighted by Crippen LogP contribution is 2.47. The van der Waals surface area contributed by atoms with Gasteiger partial charge in [0, 0.05) is 29.2 Å². The summed E-state index contributed by atoms with van der Waals surface area (Å²) in [6.07, 6.45) is 0. The van der Waals surface area contributed by atoms with E-state index in [1.165, 1.54) is 16.7 Å². The second kappa shape index (κ2) is 6.66. The first kappa shape index (κ1) is 18.8. The lowest BCUT2D eigenvalue weighted by molar-refractivity contribution is 0.0696. The number of hydrogen-bond acceptors (Lipinski definition) is 5. The number of H-pyrrole nitrogens is 1. The van der Waals surface area contributed by atoms with Gasteiger partial charge >= 0.3 is 11.7 Å². The van der Waals surface area contributed by atoms with Crippen molar-refractivity contribution >= 4 is 23.3 Å². The lowest BCUT2D eigenvalue weighted by atomic mass is 9.81. The van der Waals surface area contributed by atoms with Crippen LogP contribution in [-0.2, 0) is 6.54 Å². The van der Waals surface area contributed by atoms with Gasteiger partial charge in [-0.1, -0.05) is 36.4 Å². The van der Waals surface area contributed by atoms with Crippen LogP contribution in [0.4, 0.5) is 5.82 Å². The third-order valence-electron chi connectivity index (χ3n) is 5.82. The number of benzene rings is 2. The molecule has 0 spiro atoms. The number of allylic oxidation sites excluding steroid dienone is 1. The molecule has 3 aromatic rings. The summed E-state index contributed by atoms with van der Waals surface area (Å²) in [5.74, 6) is -1.69. The molecule has 1 aromatic heterocycles. The summed E-state index contributed by atoms with van der Waals surface area (Å²) in [6.45, 7) is 2.10. The summed E-state index contributed by atoms with van der Waals surface area (Å²) in [6, 6.07) is 13.2. The molecule has 2 aliphatic rings. The zero-order valence-corrected chi connectivity index (χ0v) is 16.4. The molecule has 1 unspecified atom stereocenters. The average Bonchev–Trinajstić information content (AvgIpc) is 3.05. The Kier molecular flexibility index (Phi) is 4.04. The van der Waals surface area contributed by atoms with Crippen LogP contribution in [0.15, 0.2) is 63.7 Å². The van der Waals surface area contributed by atoms with Gasteiger partial charge in [-0.05, 0) is 24.6 Å². The van der Waals surface area contributed by atoms with Crippen LogP contribution in [0, 0.1) is 0 Å². The fraction of sp³-hybridized carbons (Fsp3) is 0.130. The SMILES string of the molecule is CCn1c2c(c(=O)[nH]c1=O)C(c1ccc(C(=O)O)cc1)C1=C(N2)c2ccccc2C1=O. The molecular weight excluding hydrogens is 398 g/mol. The highest BCUT2D eigenvalue weighted by atomic mass is 16.4. The number of nitrogens with zero attached hydrogens (tertiary/aromatic N) is 1. The van der Waals surface area contributed by atoms with E-state index in [2.05, 4.69) is 10.3 Å². The van der Waals surface area contributed by atoms with Crippen molar-refractivity contribution in [1.82, 2.24) is 9.55 Å². The summed E-state index contributed by atoms with van der Waals surface area (Å²) in [5.41, 5.74) is 2.01. The van der Waals surface area contributed by atoms with E-state index in [1.54, 1.807) is 31.2 Å². The number of carboxylic acids is 1. The molecule has 2 aromatic carbocycles. The first-order valence-corrected chi connectivity index (χ1v) is 9.78. The Labute approximate surface area is 175 Å². The Hall–Kier alpha value is -4.20. The van der Waals surface area contributed by atoms with Gasteiger partial charge in [0.1, 0.15) is 5.82 Å². The minimum atomic E-state index is -1.07. The molecule has 8 nitrogen and oxygen atoms in total. The maximum Gasteiger partial charge on any atom is 0.335 e. The molecule has 0 saturated carbocycles. The monoisotopic (exact) mass is 415 g/mol. The predicted octanol–water partition coefficient (Wildman–Crippen LogP) is 2.42. The third kappa shape index (κ3) is 2.61. The topological polar surface area (TPSA) is 121 Å². The van der Waals surface area contributed by atoms with Crippen molar-refractivity contribution in [1.29, 1.82) is 0 Å². The Morgan fingerprint density at radius 2 is 1.71 bits per heavy atom. The average molecular weight is 415 g/mol. The first-order valence-electron chi connectivity index (χ1n) is 9.78. The third-order valence-corrected chi connectivity index (χ3v) is 5.82. The molecule has 1 aliphatic heterocycles. The maximum atomic E-state index is 13.4. The van der Waals surface area contributed by atoms with Gasteiger partial charge in [0.05, 0.1) is 16.8 Å². The lowest BCUT2D eigenvalue weighted by Crippen LogP contribution is -2.38. The Morgan fingerprint density at radius 3 is 2.35 bits per heavy atom. The van der Waals surface area contributed by atoms with E-state index in [9.17, 15) is 24.3 Å². The molecule has 31 heavy (non-hydrogen) atoms. The molecule has 1 aliphatic carbocycles. The van der Waals surface area contributed by atoms with Crippen LogP contribution in [0.2, 0.25) is 0 Å². The number of aromatic nitrogens is 2. The molecule has 154 valence electrons. The van der Waals surface area contributed by atoms with Crippen LogP contribution in [0.25, 0.3) is 5.70 Å². The summed E-state index contributed by atoms with van der Waals surface area (Å²) >= 11 is 0. The molecule has 8 heteroatoms. The highest BCUT2D eigenvalue weighted by Gasteiger charge is 2.42. The van der Waals surface area contributed by atoms with E-state index < -0.39 is 23.1 Å². The second-order valence-electron chi connectivity index (χ2n) is 7.41. The van der Waals surface area contributed by atoms with E-state index in [0.717, 1.165) is 0 Å². The van der Waals surface area contributed by atoms with E-state index in [0.29, 0.717) is 40.3 Å². The Balaban J connectivity index is 1.83. The zero-order chi connectivity index (χ0) is 21.9. The van der Waals surface area contributed by atoms with Gasteiger partial charge in [-0.25, -0.2) is 9.59 Å². The van der Waals surface area contributed by atoms with E-state index in [4.69, 9.17) is 0 Å². The minimum absolute atomic E-state index is 0.0978. The van der Waals surface area contributed by atoms with Crippen LogP contribution in [0.1, 0.15) is 50.2 Å². The Morgan fingerprint density at radius 1 is 1.03 bits per heavy atom. The van der Waals surface area contributed by atoms with Crippen molar-refractivity contribution in [2.24, 2.45) is 0 Å². The number of carbonyl (C=O) groups excluding carboxylic acids is 1. The summed E-state index contributed by atoms with van der Waals surface area (Å²) in [7, 11) is 0. The molecule has 0 radical (unpaired) electrons. The quantitative estimate of drug-likeness (QED) is 0.604. The Bertz CT molecular complexity index is 1430. The van der Waals surface area contributed by atoms with Gasteiger partial charge in [0.25, 0.3) is 5.56 Å². The number of hydrogen-bond donors (Lipinski definition) is 3. The van der Waals surface area contributed by atoms with Crippen LogP contribution in [-0.4, -0.2) is 26.4 Å². The van der Waals surface area contributed by atoms with E-state index >= 15 is 0 Å². The standard InChI is InChI=1S/C23H17N3O5/c1-2-26-20-17(21(28)25-23(26)31)15(11-7-9-12(10-8-11)22(29)30)16-18(24-20)13-5-3-4-6-14(13)19(16)27/h3-10,15,24H,2H2,1H3,(H,29,30)(H,25,28,31). The van der Waals surface area contributed by atoms with Crippen LogP contribution >= 0.6 is 0 Å². The number of rotatable bonds is 3. The number of aromatic amines is 1. The first-order chi connectivity index (χ1) is 14.9. The molecule has 3 N–H and O–H groups in total. The molecular formula is C23H17N3O5. The van der Waals surface area contributed by atoms with Crippen molar-refractivity contribution < 1.29 is 14.7 Å². The van der Waals surface area contributed by atoms with Gasteiger partial charge in [0.2, 0.25) is 0 Å². The van der Waals surface area contributed by atoms with Gasteiger partial charge in [-0.2, -0.15) is 0 Å². The number of anilines is 1. The van der Waals surface area contributed by atoms with Crippen LogP contribution in [0.5, 0.6) is 0 Å². The fourth-order valence-corrected chi connectivity index (χ4v) is 4.42. The van der Waals surface area contributed by atoms with Crippen molar-refractivity contribution in [3.05, 3.63) is 103 Å². The summed E-state index contributed by atoms with van der Waals surface area (Å²) in [4.78, 5) is 52.4. The predicted molar refractivity (Wildman–Crippen MR) is 114 cm³/mol. The molecule has 0 bridgehead atoms. The van der Waals surface area contributed by atoms with E-state index in [1.807, 2.05) is 12.1 Å². The zero-order valence-electron chi connectivity index (χ0n) is 16.4. The number of ketones is 1. The number of nitrogens with one attached hydrogen (secondary N) is 2. The van der Waals surface area contributed by atoms with Crippen molar-refractivity contribution in [2.45, 2.75) is 19.4 Å². The van der Waals surface area contributed by atoms with E-state index in [-0.39, 0.29) is 16.9 Å². The van der Waals surface area contributed by atoms with Crippen LogP contribution < -0.4 is 16.6 Å². The fourth-order valence-electron chi connectivity index (χ4n) is 4.42. The normalized spacial score (nSPS) is 16.4. The minimum Gasteiger partial charge on any atom is -0.478 e. The van der Waals surface area contributed by atoms with Gasteiger partial charge in [0.15, 0.2) is 5.78 Å². The smallest absolute Gasteiger partial charge is 0.335 e. The summed E-state index contributed by atoms with van der Waals surface area (Å²) < 4.78 is 1.42. The molecule has 0 amide bonds. The number of aromatic carboxylic acids is 1. The maximum absolute atomic E-state index is 13.4.